The number of allylic oxidation sites excluding steroid dienone is 1. The second-order valence-corrected chi connectivity index (χ2v) is 4.57. The Labute approximate surface area is 112 Å². The van der Waals surface area contributed by atoms with Crippen LogP contribution in [0.2, 0.25) is 0 Å². The number of hydrogen-bond donors (Lipinski definition) is 0. The number of ether oxygens (including phenoxy) is 1. The highest BCUT2D eigenvalue weighted by Gasteiger charge is 2.36. The summed E-state index contributed by atoms with van der Waals surface area (Å²) < 4.78 is 4.99. The minimum absolute atomic E-state index is 0.225. The highest BCUT2D eigenvalue weighted by Crippen LogP contribution is 2.19. The van der Waals surface area contributed by atoms with Gasteiger partial charge in [0.2, 0.25) is 0 Å². The van der Waals surface area contributed by atoms with Gasteiger partial charge in [0, 0.05) is 0 Å². The van der Waals surface area contributed by atoms with Gasteiger partial charge in [-0.15, -0.1) is 0 Å². The number of cyclic esters (lactones) is 1. The molecule has 2 amide bonds. The van der Waals surface area contributed by atoms with E-state index in [0.717, 1.165) is 11.1 Å². The Morgan fingerprint density at radius 1 is 1.47 bits per heavy atom. The Balaban J connectivity index is 2.17. The average molecular weight is 259 g/mol. The van der Waals surface area contributed by atoms with Gasteiger partial charge < -0.3 is 4.74 Å². The van der Waals surface area contributed by atoms with E-state index in [1.165, 1.54) is 11.0 Å². The van der Waals surface area contributed by atoms with Crippen molar-refractivity contribution in [2.24, 2.45) is 0 Å². The smallest absolute Gasteiger partial charge is 0.417 e. The van der Waals surface area contributed by atoms with Gasteiger partial charge in [-0.2, -0.15) is 0 Å². The monoisotopic (exact) mass is 259 g/mol. The summed E-state index contributed by atoms with van der Waals surface area (Å²) in [5.41, 5.74) is 2.28. The zero-order valence-corrected chi connectivity index (χ0v) is 11.1. The first-order chi connectivity index (χ1) is 9.13. The first-order valence-electron chi connectivity index (χ1n) is 6.30. The van der Waals surface area contributed by atoms with Crippen LogP contribution in [0.3, 0.4) is 0 Å². The van der Waals surface area contributed by atoms with Crippen molar-refractivity contribution in [2.75, 3.05) is 6.61 Å². The summed E-state index contributed by atoms with van der Waals surface area (Å²) in [5, 5.41) is 0. The van der Waals surface area contributed by atoms with Gasteiger partial charge >= 0.3 is 6.09 Å². The zero-order valence-electron chi connectivity index (χ0n) is 11.1. The zero-order chi connectivity index (χ0) is 13.8. The van der Waals surface area contributed by atoms with E-state index >= 15 is 0 Å². The van der Waals surface area contributed by atoms with Crippen LogP contribution < -0.4 is 0 Å². The van der Waals surface area contributed by atoms with Crippen LogP contribution in [0, 0.1) is 6.92 Å². The lowest BCUT2D eigenvalue weighted by molar-refractivity contribution is -0.124. The fourth-order valence-corrected chi connectivity index (χ4v) is 2.20. The van der Waals surface area contributed by atoms with Crippen molar-refractivity contribution in [3.63, 3.8) is 0 Å². The number of amides is 2. The molecule has 1 atom stereocenters. The average Bonchev–Trinajstić information content (AvgIpc) is 2.74. The predicted octanol–water partition coefficient (Wildman–Crippen LogP) is 2.46. The molecule has 4 nitrogen and oxygen atoms in total. The molecule has 0 unspecified atom stereocenters. The quantitative estimate of drug-likeness (QED) is 0.783. The van der Waals surface area contributed by atoms with Crippen molar-refractivity contribution in [1.29, 1.82) is 0 Å². The number of carbonyl (C=O) groups excluding carboxylic acids is 2. The van der Waals surface area contributed by atoms with Gasteiger partial charge in [0.1, 0.15) is 6.61 Å². The third kappa shape index (κ3) is 2.84. The minimum Gasteiger partial charge on any atom is -0.447 e. The van der Waals surface area contributed by atoms with Crippen LogP contribution in [-0.4, -0.2) is 29.5 Å². The molecule has 1 aliphatic rings. The standard InChI is InChI=1S/C15H17NO3/c1-3-6-14(17)16-13(10-19-15(16)18)9-12-8-5-4-7-11(12)2/h3-8,13H,9-10H2,1-2H3/t13-/m0/s1. The molecule has 1 heterocycles. The minimum atomic E-state index is -0.554. The van der Waals surface area contributed by atoms with Crippen LogP contribution in [-0.2, 0) is 16.0 Å². The van der Waals surface area contributed by atoms with Crippen molar-refractivity contribution in [2.45, 2.75) is 26.3 Å². The summed E-state index contributed by atoms with van der Waals surface area (Å²) in [4.78, 5) is 24.7. The topological polar surface area (TPSA) is 46.6 Å². The van der Waals surface area contributed by atoms with Gasteiger partial charge in [0.15, 0.2) is 0 Å². The maximum Gasteiger partial charge on any atom is 0.417 e. The summed E-state index contributed by atoms with van der Waals surface area (Å²) in [6.07, 6.45) is 3.08. The molecule has 19 heavy (non-hydrogen) atoms. The fraction of sp³-hybridized carbons (Fsp3) is 0.333. The summed E-state index contributed by atoms with van der Waals surface area (Å²) in [5.74, 6) is -0.316. The molecule has 0 N–H and O–H groups in total. The van der Waals surface area contributed by atoms with Crippen LogP contribution in [0.25, 0.3) is 0 Å². The first kappa shape index (κ1) is 13.3. The Hall–Kier alpha value is -2.10. The van der Waals surface area contributed by atoms with E-state index in [9.17, 15) is 9.59 Å². The molecule has 0 radical (unpaired) electrons. The van der Waals surface area contributed by atoms with Gasteiger partial charge in [-0.1, -0.05) is 30.3 Å². The van der Waals surface area contributed by atoms with Crippen molar-refractivity contribution in [3.05, 3.63) is 47.5 Å². The molecule has 100 valence electrons. The highest BCUT2D eigenvalue weighted by atomic mass is 16.6. The van der Waals surface area contributed by atoms with E-state index in [4.69, 9.17) is 4.74 Å². The third-order valence-corrected chi connectivity index (χ3v) is 3.22. The first-order valence-corrected chi connectivity index (χ1v) is 6.30. The number of hydrogen-bond acceptors (Lipinski definition) is 3. The van der Waals surface area contributed by atoms with Gasteiger partial charge in [-0.25, -0.2) is 9.69 Å². The van der Waals surface area contributed by atoms with Gasteiger partial charge in [-0.05, 0) is 37.5 Å². The Morgan fingerprint density at radius 3 is 2.89 bits per heavy atom. The number of aryl methyl sites for hydroxylation is 1. The van der Waals surface area contributed by atoms with E-state index in [1.807, 2.05) is 31.2 Å². The fourth-order valence-electron chi connectivity index (χ4n) is 2.20. The molecule has 1 saturated heterocycles. The summed E-state index contributed by atoms with van der Waals surface area (Å²) >= 11 is 0. The predicted molar refractivity (Wildman–Crippen MR) is 71.7 cm³/mol. The SMILES string of the molecule is CC=CC(=O)N1C(=O)OC[C@@H]1Cc1ccccc1C. The van der Waals surface area contributed by atoms with E-state index in [0.29, 0.717) is 6.42 Å². The van der Waals surface area contributed by atoms with Crippen molar-refractivity contribution < 1.29 is 14.3 Å². The molecule has 2 rings (SSSR count). The highest BCUT2D eigenvalue weighted by molar-refractivity contribution is 5.99. The largest absolute Gasteiger partial charge is 0.447 e. The van der Waals surface area contributed by atoms with E-state index in [1.54, 1.807) is 13.0 Å². The summed E-state index contributed by atoms with van der Waals surface area (Å²) in [6, 6.07) is 7.73. The molecule has 0 spiro atoms. The second-order valence-electron chi connectivity index (χ2n) is 4.57. The van der Waals surface area contributed by atoms with E-state index in [-0.39, 0.29) is 18.6 Å². The number of benzene rings is 1. The Morgan fingerprint density at radius 2 is 2.21 bits per heavy atom. The van der Waals surface area contributed by atoms with E-state index < -0.39 is 6.09 Å². The summed E-state index contributed by atoms with van der Waals surface area (Å²) in [7, 11) is 0. The van der Waals surface area contributed by atoms with Crippen LogP contribution in [0.1, 0.15) is 18.1 Å². The number of nitrogens with zero attached hydrogens (tertiary/aromatic N) is 1. The molecule has 1 aliphatic heterocycles. The molecule has 1 aromatic rings. The third-order valence-electron chi connectivity index (χ3n) is 3.22. The Kier molecular flexibility index (Phi) is 4.00. The number of imide groups is 1. The maximum atomic E-state index is 11.9. The molecule has 1 aromatic carbocycles. The molecular formula is C15H17NO3. The van der Waals surface area contributed by atoms with Gasteiger partial charge in [-0.3, -0.25) is 4.79 Å². The molecule has 1 fully saturated rings. The molecule has 0 aromatic heterocycles. The van der Waals surface area contributed by atoms with Crippen molar-refractivity contribution >= 4 is 12.0 Å². The normalized spacial score (nSPS) is 18.9. The maximum absolute atomic E-state index is 11.9. The lowest BCUT2D eigenvalue weighted by atomic mass is 10.0. The molecule has 0 bridgehead atoms. The van der Waals surface area contributed by atoms with Crippen LogP contribution >= 0.6 is 0 Å². The number of carbonyl (C=O) groups is 2. The molecule has 0 aliphatic carbocycles. The molecule has 4 heteroatoms. The van der Waals surface area contributed by atoms with Crippen LogP contribution in [0.15, 0.2) is 36.4 Å². The lowest BCUT2D eigenvalue weighted by Gasteiger charge is -2.18. The van der Waals surface area contributed by atoms with Crippen molar-refractivity contribution in [1.82, 2.24) is 4.90 Å². The number of rotatable bonds is 3. The van der Waals surface area contributed by atoms with Gasteiger partial charge in [0.25, 0.3) is 5.91 Å². The van der Waals surface area contributed by atoms with E-state index in [2.05, 4.69) is 0 Å². The second kappa shape index (κ2) is 5.69. The molecular weight excluding hydrogens is 242 g/mol. The van der Waals surface area contributed by atoms with Gasteiger partial charge in [0.05, 0.1) is 6.04 Å². The lowest BCUT2D eigenvalue weighted by Crippen LogP contribution is -2.39. The Bertz CT molecular complexity index is 522. The van der Waals surface area contributed by atoms with Crippen LogP contribution in [0.5, 0.6) is 0 Å². The van der Waals surface area contributed by atoms with Crippen molar-refractivity contribution in [3.8, 4) is 0 Å². The summed E-state index contributed by atoms with van der Waals surface area (Å²) in [6.45, 7) is 4.02. The van der Waals surface area contributed by atoms with Crippen LogP contribution in [0.4, 0.5) is 4.79 Å². The molecule has 0 saturated carbocycles.